The first-order valence-electron chi connectivity index (χ1n) is 12.8. The number of benzene rings is 1. The lowest BCUT2D eigenvalue weighted by Gasteiger charge is -2.48. The molecule has 182 valence electrons. The third-order valence-electron chi connectivity index (χ3n) is 7.72. The Hall–Kier alpha value is -1.91. The van der Waals surface area contributed by atoms with E-state index in [-0.39, 0.29) is 30.3 Å². The fraction of sp³-hybridized carbons (Fsp3) is 0.708. The van der Waals surface area contributed by atoms with Gasteiger partial charge < -0.3 is 15.1 Å². The first-order valence-corrected chi connectivity index (χ1v) is 12.8. The lowest BCUT2D eigenvalue weighted by atomic mass is 9.91. The Kier molecular flexibility index (Phi) is 7.32. The molecule has 1 aromatic rings. The van der Waals surface area contributed by atoms with E-state index in [1.165, 1.54) is 31.4 Å². The molecule has 4 heterocycles. The van der Waals surface area contributed by atoms with Gasteiger partial charge >= 0.3 is 0 Å². The number of nitrogens with zero attached hydrogens (tertiary/aromatic N) is 3. The van der Waals surface area contributed by atoms with Crippen molar-refractivity contribution >= 4 is 17.3 Å². The van der Waals surface area contributed by atoms with E-state index in [1.54, 1.807) is 0 Å². The predicted octanol–water partition coefficient (Wildman–Crippen LogP) is 0.538. The van der Waals surface area contributed by atoms with Crippen molar-refractivity contribution in [3.63, 3.8) is 0 Å². The molecule has 4 fully saturated rings. The molecule has 1 amide bonds. The highest BCUT2D eigenvalue weighted by Gasteiger charge is 2.44. The molecule has 0 aromatic heterocycles. The quantitative estimate of drug-likeness (QED) is 0.439. The van der Waals surface area contributed by atoms with Crippen molar-refractivity contribution in [2.45, 2.75) is 51.1 Å². The number of piperazine rings is 1. The standard InChI is InChI=1S/C24H40N8O/c1-2-30-13-15-31(16-14-30)19-9-7-18(8-10-19)26-22-21-20(17-25-29-23(21)33)27-24(28-22)32-11-5-3-4-6-12-32/h7-10,20-22,24-28H,2-6,11-17H2,1H3,(H,29,33). The molecule has 0 radical (unpaired) electrons. The molecular formula is C24H40N8O. The number of nitrogens with one attached hydrogen (secondary N) is 5. The Labute approximate surface area is 197 Å². The molecule has 1 aromatic carbocycles. The second-order valence-corrected chi connectivity index (χ2v) is 9.78. The van der Waals surface area contributed by atoms with Crippen LogP contribution in [-0.4, -0.2) is 86.6 Å². The van der Waals surface area contributed by atoms with Gasteiger partial charge in [-0.25, -0.2) is 5.43 Å². The Bertz CT molecular complexity index is 773. The Morgan fingerprint density at radius 2 is 1.67 bits per heavy atom. The molecule has 9 nitrogen and oxygen atoms in total. The van der Waals surface area contributed by atoms with Crippen LogP contribution in [0.15, 0.2) is 24.3 Å². The van der Waals surface area contributed by atoms with Gasteiger partial charge in [0.2, 0.25) is 5.91 Å². The zero-order valence-electron chi connectivity index (χ0n) is 19.9. The minimum absolute atomic E-state index is 0.0310. The van der Waals surface area contributed by atoms with Crippen molar-refractivity contribution in [2.24, 2.45) is 5.92 Å². The van der Waals surface area contributed by atoms with Gasteiger partial charge in [-0.2, -0.15) is 0 Å². The van der Waals surface area contributed by atoms with Crippen LogP contribution in [0, 0.1) is 5.92 Å². The van der Waals surface area contributed by atoms with Gasteiger partial charge in [-0.05, 0) is 43.7 Å². The number of carbonyl (C=O) groups excluding carboxylic acids is 1. The molecule has 4 atom stereocenters. The number of hydrogen-bond acceptors (Lipinski definition) is 8. The first kappa shape index (κ1) is 22.9. The smallest absolute Gasteiger partial charge is 0.242 e. The van der Waals surface area contributed by atoms with Crippen LogP contribution >= 0.6 is 0 Å². The minimum atomic E-state index is -0.184. The number of amides is 1. The fourth-order valence-corrected chi connectivity index (χ4v) is 5.68. The summed E-state index contributed by atoms with van der Waals surface area (Å²) in [6.07, 6.45) is 5.02. The Balaban J connectivity index is 1.27. The first-order chi connectivity index (χ1) is 16.2. The van der Waals surface area contributed by atoms with Gasteiger partial charge in [0.25, 0.3) is 0 Å². The Morgan fingerprint density at radius 1 is 0.939 bits per heavy atom. The molecule has 4 aliphatic heterocycles. The second kappa shape index (κ2) is 10.6. The monoisotopic (exact) mass is 456 g/mol. The molecule has 4 unspecified atom stereocenters. The minimum Gasteiger partial charge on any atom is -0.369 e. The molecule has 5 rings (SSSR count). The maximum absolute atomic E-state index is 12.8. The normalized spacial score (nSPS) is 32.0. The number of anilines is 2. The van der Waals surface area contributed by atoms with E-state index in [9.17, 15) is 4.79 Å². The number of rotatable bonds is 5. The lowest BCUT2D eigenvalue weighted by Crippen LogP contribution is -2.76. The van der Waals surface area contributed by atoms with E-state index >= 15 is 0 Å². The van der Waals surface area contributed by atoms with Crippen molar-refractivity contribution in [1.82, 2.24) is 31.3 Å². The number of carbonyl (C=O) groups is 1. The average Bonchev–Trinajstić information content (AvgIpc) is 3.14. The van der Waals surface area contributed by atoms with E-state index in [1.807, 2.05) is 0 Å². The second-order valence-electron chi connectivity index (χ2n) is 9.78. The van der Waals surface area contributed by atoms with Crippen LogP contribution in [0.2, 0.25) is 0 Å². The summed E-state index contributed by atoms with van der Waals surface area (Å²) in [6.45, 7) is 10.7. The van der Waals surface area contributed by atoms with Crippen molar-refractivity contribution in [3.05, 3.63) is 24.3 Å². The summed E-state index contributed by atoms with van der Waals surface area (Å²) in [7, 11) is 0. The van der Waals surface area contributed by atoms with Crippen LogP contribution in [0.25, 0.3) is 0 Å². The maximum atomic E-state index is 12.8. The van der Waals surface area contributed by atoms with E-state index in [0.29, 0.717) is 0 Å². The summed E-state index contributed by atoms with van der Waals surface area (Å²) in [4.78, 5) is 20.2. The fourth-order valence-electron chi connectivity index (χ4n) is 5.68. The topological polar surface area (TPSA) is 86.9 Å². The predicted molar refractivity (Wildman–Crippen MR) is 132 cm³/mol. The average molecular weight is 457 g/mol. The molecular weight excluding hydrogens is 416 g/mol. The molecule has 0 saturated carbocycles. The van der Waals surface area contributed by atoms with Crippen LogP contribution in [0.3, 0.4) is 0 Å². The highest BCUT2D eigenvalue weighted by Crippen LogP contribution is 2.25. The third-order valence-corrected chi connectivity index (χ3v) is 7.72. The molecule has 0 spiro atoms. The van der Waals surface area contributed by atoms with Gasteiger partial charge in [0.05, 0.1) is 12.1 Å². The summed E-state index contributed by atoms with van der Waals surface area (Å²) in [5, 5.41) is 11.1. The molecule has 0 aliphatic carbocycles. The maximum Gasteiger partial charge on any atom is 0.242 e. The van der Waals surface area contributed by atoms with Crippen molar-refractivity contribution < 1.29 is 4.79 Å². The van der Waals surface area contributed by atoms with Crippen molar-refractivity contribution in [3.8, 4) is 0 Å². The molecule has 0 bridgehead atoms. The van der Waals surface area contributed by atoms with E-state index in [4.69, 9.17) is 0 Å². The van der Waals surface area contributed by atoms with E-state index in [2.05, 4.69) is 72.7 Å². The van der Waals surface area contributed by atoms with Gasteiger partial charge in [-0.15, -0.1) is 0 Å². The van der Waals surface area contributed by atoms with Gasteiger partial charge in [-0.1, -0.05) is 19.8 Å². The van der Waals surface area contributed by atoms with E-state index in [0.717, 1.165) is 58.0 Å². The highest BCUT2D eigenvalue weighted by atomic mass is 16.2. The molecule has 4 saturated heterocycles. The number of likely N-dealkylation sites (tertiary alicyclic amines) is 1. The number of fused-ring (bicyclic) bond motifs is 1. The van der Waals surface area contributed by atoms with Gasteiger partial charge in [0.1, 0.15) is 6.29 Å². The molecule has 4 aliphatic rings. The summed E-state index contributed by atoms with van der Waals surface area (Å²) in [5.74, 6) is -0.153. The number of hydrazine groups is 1. The SMILES string of the molecule is CCN1CCN(c2ccc(NC3NC(N4CCCCCC4)NC4CNNC(=O)C43)cc2)CC1. The van der Waals surface area contributed by atoms with Crippen LogP contribution in [0.4, 0.5) is 11.4 Å². The van der Waals surface area contributed by atoms with Crippen LogP contribution < -0.4 is 31.7 Å². The number of likely N-dealkylation sites (N-methyl/N-ethyl adjacent to an activating group) is 1. The summed E-state index contributed by atoms with van der Waals surface area (Å²) in [6, 6.07) is 8.80. The molecule has 33 heavy (non-hydrogen) atoms. The molecule has 5 N–H and O–H groups in total. The van der Waals surface area contributed by atoms with Gasteiger partial charge in [-0.3, -0.25) is 25.8 Å². The zero-order valence-corrected chi connectivity index (χ0v) is 19.9. The van der Waals surface area contributed by atoms with Crippen molar-refractivity contribution in [1.29, 1.82) is 0 Å². The highest BCUT2D eigenvalue weighted by molar-refractivity contribution is 5.81. The summed E-state index contributed by atoms with van der Waals surface area (Å²) in [5.41, 5.74) is 8.21. The summed E-state index contributed by atoms with van der Waals surface area (Å²) >= 11 is 0. The van der Waals surface area contributed by atoms with Gasteiger partial charge in [0, 0.05) is 63.2 Å². The Morgan fingerprint density at radius 3 is 2.36 bits per heavy atom. The third kappa shape index (κ3) is 5.27. The van der Waals surface area contributed by atoms with E-state index < -0.39 is 0 Å². The summed E-state index contributed by atoms with van der Waals surface area (Å²) < 4.78 is 0. The molecule has 9 heteroatoms. The zero-order chi connectivity index (χ0) is 22.6. The van der Waals surface area contributed by atoms with Gasteiger partial charge in [0.15, 0.2) is 0 Å². The lowest BCUT2D eigenvalue weighted by molar-refractivity contribution is -0.132. The largest absolute Gasteiger partial charge is 0.369 e. The van der Waals surface area contributed by atoms with Crippen LogP contribution in [0.1, 0.15) is 32.6 Å². The van der Waals surface area contributed by atoms with Crippen molar-refractivity contribution in [2.75, 3.05) is 62.6 Å². The van der Waals surface area contributed by atoms with Crippen LogP contribution in [0.5, 0.6) is 0 Å². The number of hydrogen-bond donors (Lipinski definition) is 5. The van der Waals surface area contributed by atoms with Crippen LogP contribution in [-0.2, 0) is 4.79 Å².